The highest BCUT2D eigenvalue weighted by atomic mass is 16.2. The smallest absolute Gasteiger partial charge is 0.233 e. The summed E-state index contributed by atoms with van der Waals surface area (Å²) in [5.41, 5.74) is 0. The van der Waals surface area contributed by atoms with Crippen LogP contribution in [0.1, 0.15) is 40.5 Å². The Hall–Kier alpha value is -1.89. The molecule has 0 aromatic rings. The molecule has 2 fully saturated rings. The van der Waals surface area contributed by atoms with Crippen molar-refractivity contribution in [3.05, 3.63) is 12.2 Å². The maximum Gasteiger partial charge on any atom is 0.233 e. The van der Waals surface area contributed by atoms with Crippen LogP contribution >= 0.6 is 0 Å². The van der Waals surface area contributed by atoms with Gasteiger partial charge in [-0.2, -0.15) is 0 Å². The molecule has 1 saturated carbocycles. The van der Waals surface area contributed by atoms with Crippen LogP contribution in [-0.2, 0) is 9.59 Å². The highest BCUT2D eigenvalue weighted by molar-refractivity contribution is 6.06. The second-order valence-corrected chi connectivity index (χ2v) is 8.40. The summed E-state index contributed by atoms with van der Waals surface area (Å²) in [4.78, 5) is 34.0. The van der Waals surface area contributed by atoms with Crippen LogP contribution in [0.5, 0.6) is 0 Å². The monoisotopic (exact) mass is 403 g/mol. The van der Waals surface area contributed by atoms with Crippen LogP contribution in [0, 0.1) is 23.7 Å². The molecule has 0 aromatic carbocycles. The number of guanidine groups is 1. The van der Waals surface area contributed by atoms with Gasteiger partial charge in [0.2, 0.25) is 11.8 Å². The Bertz CT molecular complexity index is 628. The van der Waals surface area contributed by atoms with Gasteiger partial charge < -0.3 is 10.6 Å². The molecule has 3 aliphatic rings. The molecule has 2 N–H and O–H groups in total. The first-order valence-corrected chi connectivity index (χ1v) is 11.3. The van der Waals surface area contributed by atoms with Gasteiger partial charge in [0.1, 0.15) is 0 Å². The first-order valence-electron chi connectivity index (χ1n) is 11.3. The summed E-state index contributed by atoms with van der Waals surface area (Å²) in [7, 11) is 0. The lowest BCUT2D eigenvalue weighted by Crippen LogP contribution is -2.41. The molecule has 29 heavy (non-hydrogen) atoms. The number of carbonyl (C=O) groups excluding carboxylic acids is 2. The van der Waals surface area contributed by atoms with Gasteiger partial charge in [0.25, 0.3) is 0 Å². The predicted octanol–water partition coefficient (Wildman–Crippen LogP) is 1.47. The SMILES string of the molecule is CCNC(=NCC(C)N(CC)CC)NCCCN1C(=O)C2C3C=CC(C3)C2C1=O. The summed E-state index contributed by atoms with van der Waals surface area (Å²) in [5, 5.41) is 6.62. The molecular formula is C22H37N5O2. The Labute approximate surface area is 175 Å². The number of likely N-dealkylation sites (N-methyl/N-ethyl adjacent to an activating group) is 1. The van der Waals surface area contributed by atoms with Gasteiger partial charge in [-0.1, -0.05) is 26.0 Å². The van der Waals surface area contributed by atoms with Crippen molar-refractivity contribution in [3.8, 4) is 0 Å². The first-order chi connectivity index (χ1) is 14.0. The number of hydrogen-bond donors (Lipinski definition) is 2. The Balaban J connectivity index is 1.45. The number of amides is 2. The van der Waals surface area contributed by atoms with Crippen molar-refractivity contribution in [3.63, 3.8) is 0 Å². The Morgan fingerprint density at radius 3 is 2.31 bits per heavy atom. The number of hydrogen-bond acceptors (Lipinski definition) is 4. The highest BCUT2D eigenvalue weighted by Crippen LogP contribution is 2.52. The van der Waals surface area contributed by atoms with E-state index < -0.39 is 0 Å². The fourth-order valence-electron chi connectivity index (χ4n) is 5.16. The number of likely N-dealkylation sites (tertiary alicyclic amines) is 1. The zero-order valence-electron chi connectivity index (χ0n) is 18.4. The summed E-state index contributed by atoms with van der Waals surface area (Å²) in [6, 6.07) is 0.392. The molecule has 2 bridgehead atoms. The van der Waals surface area contributed by atoms with Crippen LogP contribution < -0.4 is 10.6 Å². The lowest BCUT2D eigenvalue weighted by Gasteiger charge is -2.25. The van der Waals surface area contributed by atoms with Crippen LogP contribution in [0.3, 0.4) is 0 Å². The standard InChI is InChI=1S/C22H37N5O2/c1-5-23-22(25-14-15(4)26(6-2)7-3)24-11-8-12-27-20(28)18-16-9-10-17(13-16)19(18)21(27)29/h9-10,15-19H,5-8,11-14H2,1-4H3,(H2,23,24,25). The van der Waals surface area contributed by atoms with Crippen molar-refractivity contribution >= 4 is 17.8 Å². The van der Waals surface area contributed by atoms with E-state index in [1.165, 1.54) is 4.90 Å². The maximum absolute atomic E-state index is 12.7. The summed E-state index contributed by atoms with van der Waals surface area (Å²) in [6.07, 6.45) is 5.99. The summed E-state index contributed by atoms with van der Waals surface area (Å²) in [5.74, 6) is 1.27. The van der Waals surface area contributed by atoms with Crippen LogP contribution in [0.2, 0.25) is 0 Å². The number of rotatable bonds is 10. The van der Waals surface area contributed by atoms with Gasteiger partial charge in [-0.3, -0.25) is 24.4 Å². The van der Waals surface area contributed by atoms with Crippen molar-refractivity contribution in [1.82, 2.24) is 20.4 Å². The molecule has 3 rings (SSSR count). The third-order valence-corrected chi connectivity index (χ3v) is 6.71. The molecule has 2 amide bonds. The van der Waals surface area contributed by atoms with Gasteiger partial charge in [-0.25, -0.2) is 0 Å². The molecule has 0 spiro atoms. The van der Waals surface area contributed by atoms with E-state index in [0.29, 0.717) is 19.1 Å². The van der Waals surface area contributed by atoms with Gasteiger partial charge in [0.05, 0.1) is 18.4 Å². The van der Waals surface area contributed by atoms with Gasteiger partial charge in [-0.05, 0) is 51.6 Å². The number of imide groups is 1. The quantitative estimate of drug-likeness (QED) is 0.190. The maximum atomic E-state index is 12.7. The molecule has 1 heterocycles. The largest absolute Gasteiger partial charge is 0.357 e. The van der Waals surface area contributed by atoms with Gasteiger partial charge in [-0.15, -0.1) is 0 Å². The zero-order valence-corrected chi connectivity index (χ0v) is 18.4. The van der Waals surface area contributed by atoms with Crippen molar-refractivity contribution in [1.29, 1.82) is 0 Å². The molecule has 162 valence electrons. The van der Waals surface area contributed by atoms with Crippen LogP contribution in [-0.4, -0.2) is 72.9 Å². The van der Waals surface area contributed by atoms with Gasteiger partial charge in [0, 0.05) is 25.7 Å². The lowest BCUT2D eigenvalue weighted by molar-refractivity contribution is -0.140. The van der Waals surface area contributed by atoms with Crippen LogP contribution in [0.15, 0.2) is 17.1 Å². The van der Waals surface area contributed by atoms with E-state index in [1.807, 2.05) is 6.92 Å². The topological polar surface area (TPSA) is 77.0 Å². The van der Waals surface area contributed by atoms with Gasteiger partial charge >= 0.3 is 0 Å². The number of fused-ring (bicyclic) bond motifs is 5. The van der Waals surface area contributed by atoms with Crippen molar-refractivity contribution in [2.75, 3.05) is 39.3 Å². The summed E-state index contributed by atoms with van der Waals surface area (Å²) < 4.78 is 0. The van der Waals surface area contributed by atoms with Crippen molar-refractivity contribution in [2.24, 2.45) is 28.7 Å². The fraction of sp³-hybridized carbons (Fsp3) is 0.773. The third kappa shape index (κ3) is 4.49. The molecule has 2 aliphatic carbocycles. The normalized spacial score (nSPS) is 29.1. The average molecular weight is 404 g/mol. The molecule has 1 saturated heterocycles. The number of nitrogens with zero attached hydrogens (tertiary/aromatic N) is 3. The van der Waals surface area contributed by atoms with E-state index in [1.54, 1.807) is 0 Å². The Morgan fingerprint density at radius 2 is 1.76 bits per heavy atom. The zero-order chi connectivity index (χ0) is 21.0. The van der Waals surface area contributed by atoms with E-state index in [2.05, 4.69) is 48.5 Å². The molecule has 0 radical (unpaired) electrons. The summed E-state index contributed by atoms with van der Waals surface area (Å²) >= 11 is 0. The second-order valence-electron chi connectivity index (χ2n) is 8.40. The number of allylic oxidation sites excluding steroid dienone is 2. The number of nitrogens with one attached hydrogen (secondary N) is 2. The van der Waals surface area contributed by atoms with Crippen LogP contribution in [0.25, 0.3) is 0 Å². The fourth-order valence-corrected chi connectivity index (χ4v) is 5.16. The van der Waals surface area contributed by atoms with Gasteiger partial charge in [0.15, 0.2) is 5.96 Å². The second kappa shape index (κ2) is 9.74. The Morgan fingerprint density at radius 1 is 1.14 bits per heavy atom. The van der Waals surface area contributed by atoms with Crippen molar-refractivity contribution < 1.29 is 9.59 Å². The molecule has 7 heteroatoms. The number of aliphatic imine (C=N–C) groups is 1. The third-order valence-electron chi connectivity index (χ3n) is 6.71. The molecule has 0 aromatic heterocycles. The molecule has 7 nitrogen and oxygen atoms in total. The highest BCUT2D eigenvalue weighted by Gasteiger charge is 2.58. The minimum atomic E-state index is -0.0918. The van der Waals surface area contributed by atoms with E-state index >= 15 is 0 Å². The van der Waals surface area contributed by atoms with E-state index in [4.69, 9.17) is 4.99 Å². The average Bonchev–Trinajstić information content (AvgIpc) is 3.39. The molecule has 1 aliphatic heterocycles. The number of carbonyl (C=O) groups is 2. The lowest BCUT2D eigenvalue weighted by atomic mass is 9.85. The first kappa shape index (κ1) is 21.8. The molecular weight excluding hydrogens is 366 g/mol. The predicted molar refractivity (Wildman–Crippen MR) is 115 cm³/mol. The van der Waals surface area contributed by atoms with Crippen molar-refractivity contribution in [2.45, 2.75) is 46.6 Å². The minimum Gasteiger partial charge on any atom is -0.357 e. The Kier molecular flexibility index (Phi) is 7.33. The van der Waals surface area contributed by atoms with E-state index in [-0.39, 0.29) is 35.5 Å². The van der Waals surface area contributed by atoms with Crippen LogP contribution in [0.4, 0.5) is 0 Å². The molecule has 5 unspecified atom stereocenters. The van der Waals surface area contributed by atoms with E-state index in [9.17, 15) is 9.59 Å². The summed E-state index contributed by atoms with van der Waals surface area (Å²) in [6.45, 7) is 13.3. The van der Waals surface area contributed by atoms with E-state index in [0.717, 1.165) is 45.0 Å². The molecule has 5 atom stereocenters. The minimum absolute atomic E-state index is 0.0467.